The molecule has 1 saturated carbocycles. The maximum Gasteiger partial charge on any atom is 0.326 e. The Morgan fingerprint density at radius 2 is 2.00 bits per heavy atom. The number of hydrogen-bond acceptors (Lipinski definition) is 3. The second-order valence-electron chi connectivity index (χ2n) is 4.99. The van der Waals surface area contributed by atoms with E-state index >= 15 is 0 Å². The zero-order valence-electron chi connectivity index (χ0n) is 10.4. The number of carbonyl (C=O) groups excluding carboxylic acids is 1. The number of carbonyl (C=O) groups is 2. The Hall–Kier alpha value is -1.10. The summed E-state index contributed by atoms with van der Waals surface area (Å²) in [6.45, 7) is 1.89. The summed E-state index contributed by atoms with van der Waals surface area (Å²) < 4.78 is 0. The summed E-state index contributed by atoms with van der Waals surface area (Å²) in [4.78, 5) is 22.6. The molecule has 4 N–H and O–H groups in total. The average molecular weight is 242 g/mol. The molecule has 5 heteroatoms. The Balaban J connectivity index is 2.44. The monoisotopic (exact) mass is 242 g/mol. The van der Waals surface area contributed by atoms with E-state index < -0.39 is 17.6 Å². The summed E-state index contributed by atoms with van der Waals surface area (Å²) in [6.07, 6.45) is 5.24. The molecule has 0 unspecified atom stereocenters. The molecule has 5 nitrogen and oxygen atoms in total. The van der Waals surface area contributed by atoms with Crippen LogP contribution in [-0.4, -0.2) is 28.6 Å². The maximum absolute atomic E-state index is 11.7. The molecular formula is C12H22N2O3. The Labute approximate surface area is 102 Å². The van der Waals surface area contributed by atoms with Crippen molar-refractivity contribution in [2.45, 2.75) is 63.5 Å². The molecule has 0 aromatic carbocycles. The zero-order valence-corrected chi connectivity index (χ0v) is 10.4. The second-order valence-corrected chi connectivity index (χ2v) is 4.99. The molecule has 1 aliphatic rings. The predicted octanol–water partition coefficient (Wildman–Crippen LogP) is 1.02. The first-order valence-electron chi connectivity index (χ1n) is 6.28. The third kappa shape index (κ3) is 4.34. The van der Waals surface area contributed by atoms with Gasteiger partial charge >= 0.3 is 5.97 Å². The number of rotatable bonds is 6. The number of aliphatic carboxylic acids is 1. The van der Waals surface area contributed by atoms with Crippen molar-refractivity contribution >= 4 is 11.9 Å². The van der Waals surface area contributed by atoms with E-state index in [0.717, 1.165) is 32.1 Å². The van der Waals surface area contributed by atoms with Crippen molar-refractivity contribution in [1.82, 2.24) is 5.32 Å². The number of hydrogen-bond donors (Lipinski definition) is 3. The third-order valence-electron chi connectivity index (χ3n) is 3.32. The summed E-state index contributed by atoms with van der Waals surface area (Å²) in [6, 6.07) is -0.780. The van der Waals surface area contributed by atoms with Crippen molar-refractivity contribution in [3.8, 4) is 0 Å². The van der Waals surface area contributed by atoms with Crippen LogP contribution in [0.25, 0.3) is 0 Å². The van der Waals surface area contributed by atoms with Crippen LogP contribution in [0, 0.1) is 0 Å². The molecule has 0 aromatic rings. The molecule has 0 spiro atoms. The lowest BCUT2D eigenvalue weighted by atomic mass is 9.94. The van der Waals surface area contributed by atoms with Gasteiger partial charge in [-0.1, -0.05) is 26.2 Å². The van der Waals surface area contributed by atoms with Gasteiger partial charge in [-0.2, -0.15) is 0 Å². The normalized spacial score (nSPS) is 19.9. The summed E-state index contributed by atoms with van der Waals surface area (Å²) in [5.41, 5.74) is 5.66. The van der Waals surface area contributed by atoms with E-state index in [-0.39, 0.29) is 12.3 Å². The van der Waals surface area contributed by atoms with Gasteiger partial charge in [-0.05, 0) is 19.3 Å². The van der Waals surface area contributed by atoms with Crippen LogP contribution in [0.2, 0.25) is 0 Å². The van der Waals surface area contributed by atoms with Gasteiger partial charge in [0, 0.05) is 12.0 Å². The lowest BCUT2D eigenvalue weighted by Crippen LogP contribution is -2.46. The van der Waals surface area contributed by atoms with Gasteiger partial charge in [-0.3, -0.25) is 4.79 Å². The molecule has 1 aliphatic carbocycles. The highest BCUT2D eigenvalue weighted by Crippen LogP contribution is 2.29. The van der Waals surface area contributed by atoms with E-state index in [9.17, 15) is 9.59 Å². The van der Waals surface area contributed by atoms with Gasteiger partial charge in [0.15, 0.2) is 0 Å². The molecule has 0 aliphatic heterocycles. The standard InChI is InChI=1S/C12H22N2O3/c1-2-5-9(11(16)17)14-10(15)8-12(13)6-3-4-7-12/h9H,2-8,13H2,1H3,(H,14,15)(H,16,17)/t9-/m1/s1. The van der Waals surface area contributed by atoms with Crippen LogP contribution >= 0.6 is 0 Å². The molecule has 0 saturated heterocycles. The summed E-state index contributed by atoms with van der Waals surface area (Å²) in [5, 5.41) is 11.5. The van der Waals surface area contributed by atoms with Crippen LogP contribution in [0.15, 0.2) is 0 Å². The lowest BCUT2D eigenvalue weighted by Gasteiger charge is -2.23. The molecule has 1 rings (SSSR count). The molecular weight excluding hydrogens is 220 g/mol. The number of carboxylic acids is 1. The Morgan fingerprint density at radius 1 is 1.41 bits per heavy atom. The van der Waals surface area contributed by atoms with Gasteiger partial charge in [0.25, 0.3) is 0 Å². The number of carboxylic acid groups (broad SMARTS) is 1. The van der Waals surface area contributed by atoms with Crippen LogP contribution in [0.5, 0.6) is 0 Å². The first kappa shape index (κ1) is 14.0. The van der Waals surface area contributed by atoms with Crippen LogP contribution in [-0.2, 0) is 9.59 Å². The minimum Gasteiger partial charge on any atom is -0.480 e. The second kappa shape index (κ2) is 6.00. The quantitative estimate of drug-likeness (QED) is 0.648. The first-order chi connectivity index (χ1) is 7.97. The number of amides is 1. The first-order valence-corrected chi connectivity index (χ1v) is 6.28. The molecule has 1 amide bonds. The van der Waals surface area contributed by atoms with Crippen LogP contribution < -0.4 is 11.1 Å². The predicted molar refractivity (Wildman–Crippen MR) is 64.5 cm³/mol. The van der Waals surface area contributed by atoms with E-state index in [2.05, 4.69) is 5.32 Å². The molecule has 0 heterocycles. The van der Waals surface area contributed by atoms with Gasteiger partial charge in [0.05, 0.1) is 0 Å². The Bertz CT molecular complexity index is 285. The molecule has 0 radical (unpaired) electrons. The molecule has 98 valence electrons. The fourth-order valence-corrected chi connectivity index (χ4v) is 2.37. The van der Waals surface area contributed by atoms with Gasteiger partial charge in [0.2, 0.25) is 5.91 Å². The van der Waals surface area contributed by atoms with Crippen LogP contribution in [0.1, 0.15) is 51.9 Å². The fraction of sp³-hybridized carbons (Fsp3) is 0.833. The van der Waals surface area contributed by atoms with Crippen molar-refractivity contribution in [2.75, 3.05) is 0 Å². The molecule has 0 bridgehead atoms. The zero-order chi connectivity index (χ0) is 12.9. The van der Waals surface area contributed by atoms with Crippen molar-refractivity contribution in [2.24, 2.45) is 5.73 Å². The number of nitrogens with one attached hydrogen (secondary N) is 1. The number of nitrogens with two attached hydrogens (primary N) is 1. The summed E-state index contributed by atoms with van der Waals surface area (Å²) in [7, 11) is 0. The smallest absolute Gasteiger partial charge is 0.326 e. The molecule has 1 atom stereocenters. The minimum atomic E-state index is -0.974. The molecule has 17 heavy (non-hydrogen) atoms. The highest BCUT2D eigenvalue weighted by molar-refractivity contribution is 5.84. The molecule has 1 fully saturated rings. The maximum atomic E-state index is 11.7. The highest BCUT2D eigenvalue weighted by atomic mass is 16.4. The minimum absolute atomic E-state index is 0.237. The summed E-state index contributed by atoms with van der Waals surface area (Å²) in [5.74, 6) is -1.21. The molecule has 0 aromatic heterocycles. The van der Waals surface area contributed by atoms with Gasteiger partial charge < -0.3 is 16.2 Å². The van der Waals surface area contributed by atoms with Crippen molar-refractivity contribution in [1.29, 1.82) is 0 Å². The van der Waals surface area contributed by atoms with Gasteiger partial charge in [-0.25, -0.2) is 4.79 Å². The Morgan fingerprint density at radius 3 is 2.47 bits per heavy atom. The average Bonchev–Trinajstić information content (AvgIpc) is 2.63. The van der Waals surface area contributed by atoms with Crippen molar-refractivity contribution < 1.29 is 14.7 Å². The van der Waals surface area contributed by atoms with E-state index in [0.29, 0.717) is 6.42 Å². The third-order valence-corrected chi connectivity index (χ3v) is 3.32. The van der Waals surface area contributed by atoms with Crippen molar-refractivity contribution in [3.05, 3.63) is 0 Å². The van der Waals surface area contributed by atoms with Crippen LogP contribution in [0.3, 0.4) is 0 Å². The van der Waals surface area contributed by atoms with E-state index in [1.54, 1.807) is 0 Å². The summed E-state index contributed by atoms with van der Waals surface area (Å²) >= 11 is 0. The Kier molecular flexibility index (Phi) is 4.93. The highest BCUT2D eigenvalue weighted by Gasteiger charge is 2.32. The van der Waals surface area contributed by atoms with Gasteiger partial charge in [-0.15, -0.1) is 0 Å². The van der Waals surface area contributed by atoms with E-state index in [1.165, 1.54) is 0 Å². The largest absolute Gasteiger partial charge is 0.480 e. The van der Waals surface area contributed by atoms with Gasteiger partial charge in [0.1, 0.15) is 6.04 Å². The lowest BCUT2D eigenvalue weighted by molar-refractivity contribution is -0.142. The van der Waals surface area contributed by atoms with Crippen LogP contribution in [0.4, 0.5) is 0 Å². The SMILES string of the molecule is CCC[C@@H](NC(=O)CC1(N)CCCC1)C(=O)O. The topological polar surface area (TPSA) is 92.4 Å². The fourth-order valence-electron chi connectivity index (χ4n) is 2.37. The van der Waals surface area contributed by atoms with Crippen molar-refractivity contribution in [3.63, 3.8) is 0 Å². The van der Waals surface area contributed by atoms with E-state index in [1.807, 2.05) is 6.92 Å². The van der Waals surface area contributed by atoms with E-state index in [4.69, 9.17) is 10.8 Å².